The van der Waals surface area contributed by atoms with Crippen molar-refractivity contribution in [3.8, 4) is 11.3 Å². The molecular weight excluding hydrogens is 438 g/mol. The van der Waals surface area contributed by atoms with E-state index in [9.17, 15) is 26.3 Å². The van der Waals surface area contributed by atoms with Crippen molar-refractivity contribution >= 4 is 23.8 Å². The van der Waals surface area contributed by atoms with Gasteiger partial charge in [0.25, 0.3) is 0 Å². The van der Waals surface area contributed by atoms with Gasteiger partial charge in [-0.05, 0) is 24.3 Å². The summed E-state index contributed by atoms with van der Waals surface area (Å²) in [6, 6.07) is 8.00. The molecule has 0 saturated heterocycles. The number of hydrogen-bond acceptors (Lipinski definition) is 5. The third-order valence-electron chi connectivity index (χ3n) is 3.52. The predicted molar refractivity (Wildman–Crippen MR) is 97.0 cm³/mol. The number of rotatable bonds is 5. The van der Waals surface area contributed by atoms with E-state index in [0.717, 1.165) is 18.5 Å². The molecule has 3 rings (SSSR count). The van der Waals surface area contributed by atoms with Gasteiger partial charge >= 0.3 is 12.4 Å². The highest BCUT2D eigenvalue weighted by Gasteiger charge is 2.34. The van der Waals surface area contributed by atoms with E-state index in [4.69, 9.17) is 11.6 Å². The van der Waals surface area contributed by atoms with Crippen LogP contribution in [-0.4, -0.2) is 32.1 Å². The highest BCUT2D eigenvalue weighted by Crippen LogP contribution is 2.31. The van der Waals surface area contributed by atoms with Gasteiger partial charge in [-0.1, -0.05) is 23.7 Å². The molecule has 2 aromatic heterocycles. The van der Waals surface area contributed by atoms with E-state index < -0.39 is 30.5 Å². The molecular formula is C17H11ClF6N6. The standard InChI is InChI=1S/C17H11ClF6N6/c18-11-3-1-10(2-4-11)13-7-14(17(22,23)24)27-15(26-13)28-25-8-12-5-6-30(29-12)9-16(19,20)21/h1-8H,9H2,(H,26,27,28)/b25-8+. The van der Waals surface area contributed by atoms with Crippen LogP contribution in [0.4, 0.5) is 32.3 Å². The number of nitrogens with one attached hydrogen (secondary N) is 1. The van der Waals surface area contributed by atoms with Gasteiger partial charge < -0.3 is 0 Å². The predicted octanol–water partition coefficient (Wildman–Crippen LogP) is 5.02. The Kier molecular flexibility index (Phi) is 5.97. The molecule has 30 heavy (non-hydrogen) atoms. The third-order valence-corrected chi connectivity index (χ3v) is 3.77. The molecule has 1 aromatic carbocycles. The number of benzene rings is 1. The van der Waals surface area contributed by atoms with Crippen molar-refractivity contribution < 1.29 is 26.3 Å². The summed E-state index contributed by atoms with van der Waals surface area (Å²) in [6.07, 6.45) is -7.06. The van der Waals surface area contributed by atoms with Crippen LogP contribution in [0, 0.1) is 0 Å². The summed E-state index contributed by atoms with van der Waals surface area (Å²) in [6.45, 7) is -1.28. The zero-order valence-electron chi connectivity index (χ0n) is 14.7. The van der Waals surface area contributed by atoms with E-state index in [-0.39, 0.29) is 11.4 Å². The molecule has 158 valence electrons. The Hall–Kier alpha value is -3.15. The first-order chi connectivity index (χ1) is 14.0. The fourth-order valence-corrected chi connectivity index (χ4v) is 2.41. The van der Waals surface area contributed by atoms with Gasteiger partial charge in [0.05, 0.1) is 11.9 Å². The zero-order chi connectivity index (χ0) is 21.9. The van der Waals surface area contributed by atoms with E-state index in [0.29, 0.717) is 15.3 Å². The summed E-state index contributed by atoms with van der Waals surface area (Å²) in [5.74, 6) is -0.458. The first kappa shape index (κ1) is 21.6. The Morgan fingerprint density at radius 3 is 2.37 bits per heavy atom. The highest BCUT2D eigenvalue weighted by molar-refractivity contribution is 6.30. The Morgan fingerprint density at radius 2 is 1.73 bits per heavy atom. The van der Waals surface area contributed by atoms with Gasteiger partial charge in [0.2, 0.25) is 5.95 Å². The smallest absolute Gasteiger partial charge is 0.263 e. The molecule has 6 nitrogen and oxygen atoms in total. The van der Waals surface area contributed by atoms with Gasteiger partial charge in [-0.2, -0.15) is 36.5 Å². The summed E-state index contributed by atoms with van der Waals surface area (Å²) in [5, 5.41) is 7.68. The lowest BCUT2D eigenvalue weighted by molar-refractivity contribution is -0.143. The fourth-order valence-electron chi connectivity index (χ4n) is 2.29. The van der Waals surface area contributed by atoms with Crippen molar-refractivity contribution in [2.75, 3.05) is 5.43 Å². The van der Waals surface area contributed by atoms with Crippen LogP contribution in [0.3, 0.4) is 0 Å². The van der Waals surface area contributed by atoms with Crippen LogP contribution in [0.25, 0.3) is 11.3 Å². The number of aromatic nitrogens is 4. The minimum atomic E-state index is -4.74. The number of hydrogen-bond donors (Lipinski definition) is 1. The number of hydrazone groups is 1. The van der Waals surface area contributed by atoms with Gasteiger partial charge in [0, 0.05) is 16.8 Å². The molecule has 13 heteroatoms. The quantitative estimate of drug-likeness (QED) is 0.338. The van der Waals surface area contributed by atoms with Crippen molar-refractivity contribution in [3.63, 3.8) is 0 Å². The van der Waals surface area contributed by atoms with E-state index in [2.05, 4.69) is 25.6 Å². The first-order valence-corrected chi connectivity index (χ1v) is 8.49. The molecule has 2 heterocycles. The number of anilines is 1. The van der Waals surface area contributed by atoms with E-state index in [1.165, 1.54) is 30.3 Å². The maximum atomic E-state index is 13.2. The summed E-state index contributed by atoms with van der Waals surface area (Å²) >= 11 is 5.78. The Balaban J connectivity index is 1.82. The number of alkyl halides is 6. The average Bonchev–Trinajstić information content (AvgIpc) is 3.06. The van der Waals surface area contributed by atoms with Crippen LogP contribution in [-0.2, 0) is 12.7 Å². The Morgan fingerprint density at radius 1 is 1.03 bits per heavy atom. The SMILES string of the molecule is FC(F)(F)Cn1ccc(/C=N/Nc2nc(-c3ccc(Cl)cc3)cc(C(F)(F)F)n2)n1. The largest absolute Gasteiger partial charge is 0.433 e. The maximum absolute atomic E-state index is 13.2. The maximum Gasteiger partial charge on any atom is 0.433 e. The molecule has 0 saturated carbocycles. The lowest BCUT2D eigenvalue weighted by Gasteiger charge is -2.10. The molecule has 3 aromatic rings. The molecule has 0 amide bonds. The van der Waals surface area contributed by atoms with Crippen LogP contribution in [0.5, 0.6) is 0 Å². The van der Waals surface area contributed by atoms with Crippen LogP contribution in [0.2, 0.25) is 5.02 Å². The third kappa shape index (κ3) is 5.92. The Bertz CT molecular complexity index is 1040. The molecule has 0 radical (unpaired) electrons. The lowest BCUT2D eigenvalue weighted by Crippen LogP contribution is -2.18. The second-order valence-corrected chi connectivity index (χ2v) is 6.33. The lowest BCUT2D eigenvalue weighted by atomic mass is 10.1. The van der Waals surface area contributed by atoms with E-state index in [1.54, 1.807) is 0 Å². The fraction of sp³-hybridized carbons (Fsp3) is 0.176. The highest BCUT2D eigenvalue weighted by atomic mass is 35.5. The minimum absolute atomic E-state index is 0.0267. The van der Waals surface area contributed by atoms with Crippen LogP contribution >= 0.6 is 11.6 Å². The van der Waals surface area contributed by atoms with Crippen molar-refractivity contribution in [1.29, 1.82) is 0 Å². The molecule has 0 aliphatic carbocycles. The normalized spacial score (nSPS) is 12.5. The summed E-state index contributed by atoms with van der Waals surface area (Å²) in [7, 11) is 0. The molecule has 0 unspecified atom stereocenters. The van der Waals surface area contributed by atoms with Crippen LogP contribution in [0.1, 0.15) is 11.4 Å². The summed E-state index contributed by atoms with van der Waals surface area (Å²) < 4.78 is 77.2. The number of nitrogens with zero attached hydrogens (tertiary/aromatic N) is 5. The van der Waals surface area contributed by atoms with Crippen molar-refractivity contribution in [2.45, 2.75) is 18.9 Å². The van der Waals surface area contributed by atoms with Crippen LogP contribution in [0.15, 0.2) is 47.7 Å². The first-order valence-electron chi connectivity index (χ1n) is 8.11. The molecule has 0 bridgehead atoms. The molecule has 0 spiro atoms. The van der Waals surface area contributed by atoms with E-state index >= 15 is 0 Å². The Labute approximate surface area is 170 Å². The van der Waals surface area contributed by atoms with E-state index in [1.807, 2.05) is 0 Å². The van der Waals surface area contributed by atoms with Crippen molar-refractivity contribution in [1.82, 2.24) is 19.7 Å². The summed E-state index contributed by atoms with van der Waals surface area (Å²) in [4.78, 5) is 7.35. The monoisotopic (exact) mass is 448 g/mol. The second kappa shape index (κ2) is 8.30. The van der Waals surface area contributed by atoms with Gasteiger partial charge in [0.1, 0.15) is 12.2 Å². The minimum Gasteiger partial charge on any atom is -0.263 e. The molecule has 0 aliphatic rings. The second-order valence-electron chi connectivity index (χ2n) is 5.89. The molecule has 0 aliphatic heterocycles. The van der Waals surface area contributed by atoms with Crippen molar-refractivity contribution in [3.05, 3.63) is 59.0 Å². The molecule has 1 N–H and O–H groups in total. The van der Waals surface area contributed by atoms with Gasteiger partial charge in [-0.15, -0.1) is 0 Å². The summed E-state index contributed by atoms with van der Waals surface area (Å²) in [5.41, 5.74) is 1.43. The number of halogens is 7. The average molecular weight is 449 g/mol. The van der Waals surface area contributed by atoms with Gasteiger partial charge in [0.15, 0.2) is 5.69 Å². The van der Waals surface area contributed by atoms with Crippen LogP contribution < -0.4 is 5.43 Å². The molecule has 0 atom stereocenters. The van der Waals surface area contributed by atoms with Gasteiger partial charge in [-0.3, -0.25) is 4.68 Å². The zero-order valence-corrected chi connectivity index (χ0v) is 15.5. The topological polar surface area (TPSA) is 68.0 Å². The van der Waals surface area contributed by atoms with Crippen molar-refractivity contribution in [2.24, 2.45) is 5.10 Å². The van der Waals surface area contributed by atoms with Gasteiger partial charge in [-0.25, -0.2) is 15.4 Å². The molecule has 0 fully saturated rings.